The highest BCUT2D eigenvalue weighted by Crippen LogP contribution is 2.12. The lowest BCUT2D eigenvalue weighted by Gasteiger charge is -2.11. The van der Waals surface area contributed by atoms with Crippen LogP contribution in [0.1, 0.15) is 28.7 Å². The molecule has 0 unspecified atom stereocenters. The molecule has 0 aliphatic carbocycles. The van der Waals surface area contributed by atoms with E-state index in [1.54, 1.807) is 0 Å². The summed E-state index contributed by atoms with van der Waals surface area (Å²) >= 11 is 0. The van der Waals surface area contributed by atoms with Gasteiger partial charge in [0.2, 0.25) is 5.91 Å². The second-order valence-corrected chi connectivity index (χ2v) is 6.51. The fourth-order valence-electron chi connectivity index (χ4n) is 2.91. The third-order valence-electron chi connectivity index (χ3n) is 4.45. The first-order valence-electron chi connectivity index (χ1n) is 9.30. The molecule has 27 heavy (non-hydrogen) atoms. The number of carbonyl (C=O) groups excluding carboxylic acids is 1. The average Bonchev–Trinajstić information content (AvgIpc) is 2.73. The van der Waals surface area contributed by atoms with E-state index in [0.717, 1.165) is 23.1 Å². The molecule has 0 saturated heterocycles. The minimum atomic E-state index is 0.0684. The van der Waals surface area contributed by atoms with Crippen molar-refractivity contribution < 1.29 is 9.53 Å². The van der Waals surface area contributed by atoms with Crippen LogP contribution in [0.3, 0.4) is 0 Å². The number of ether oxygens (including phenoxy) is 1. The van der Waals surface area contributed by atoms with E-state index >= 15 is 0 Å². The van der Waals surface area contributed by atoms with Crippen molar-refractivity contribution in [2.45, 2.75) is 32.6 Å². The van der Waals surface area contributed by atoms with Crippen molar-refractivity contribution in [3.05, 3.63) is 107 Å². The standard InChI is InChI=1S/C24H25NO2/c26-24(16-15-20-9-3-1-4-10-20)25-17-22-13-7-8-14-23(22)19-27-18-21-11-5-2-6-12-21/h1-14H,15-19H2,(H,25,26). The molecule has 0 aromatic heterocycles. The van der Waals surface area contributed by atoms with Gasteiger partial charge in [-0.3, -0.25) is 4.79 Å². The highest BCUT2D eigenvalue weighted by Gasteiger charge is 2.06. The quantitative estimate of drug-likeness (QED) is 0.604. The molecule has 0 saturated carbocycles. The minimum Gasteiger partial charge on any atom is -0.372 e. The third kappa shape index (κ3) is 6.39. The average molecular weight is 359 g/mol. The molecular weight excluding hydrogens is 334 g/mol. The second kappa shape index (κ2) is 10.3. The maximum atomic E-state index is 12.2. The van der Waals surface area contributed by atoms with Crippen LogP contribution in [0.2, 0.25) is 0 Å². The predicted molar refractivity (Wildman–Crippen MR) is 108 cm³/mol. The van der Waals surface area contributed by atoms with Gasteiger partial charge < -0.3 is 10.1 Å². The van der Waals surface area contributed by atoms with Crippen LogP contribution in [-0.4, -0.2) is 5.91 Å². The molecule has 3 aromatic rings. The number of rotatable bonds is 9. The molecule has 0 atom stereocenters. The van der Waals surface area contributed by atoms with Gasteiger partial charge in [-0.15, -0.1) is 0 Å². The predicted octanol–water partition coefficient (Wildman–Crippen LogP) is 4.65. The Kier molecular flexibility index (Phi) is 7.19. The maximum absolute atomic E-state index is 12.2. The van der Waals surface area contributed by atoms with Gasteiger partial charge in [0.25, 0.3) is 0 Å². The van der Waals surface area contributed by atoms with E-state index in [-0.39, 0.29) is 5.91 Å². The van der Waals surface area contributed by atoms with Crippen LogP contribution in [0, 0.1) is 0 Å². The smallest absolute Gasteiger partial charge is 0.220 e. The summed E-state index contributed by atoms with van der Waals surface area (Å²) in [5.74, 6) is 0.0684. The van der Waals surface area contributed by atoms with Gasteiger partial charge in [0.15, 0.2) is 0 Å². The first kappa shape index (κ1) is 18.9. The minimum absolute atomic E-state index is 0.0684. The fraction of sp³-hybridized carbons (Fsp3) is 0.208. The molecule has 0 spiro atoms. The van der Waals surface area contributed by atoms with Gasteiger partial charge in [0, 0.05) is 13.0 Å². The zero-order valence-corrected chi connectivity index (χ0v) is 15.4. The summed E-state index contributed by atoms with van der Waals surface area (Å²) in [4.78, 5) is 12.2. The number of amides is 1. The van der Waals surface area contributed by atoms with E-state index < -0.39 is 0 Å². The number of aryl methyl sites for hydroxylation is 1. The van der Waals surface area contributed by atoms with Gasteiger partial charge in [-0.25, -0.2) is 0 Å². The van der Waals surface area contributed by atoms with Crippen LogP contribution in [0.5, 0.6) is 0 Å². The van der Waals surface area contributed by atoms with Crippen molar-refractivity contribution in [2.75, 3.05) is 0 Å². The summed E-state index contributed by atoms with van der Waals surface area (Å²) < 4.78 is 5.85. The van der Waals surface area contributed by atoms with E-state index in [0.29, 0.717) is 26.2 Å². The summed E-state index contributed by atoms with van der Waals surface area (Å²) in [5.41, 5.74) is 4.54. The van der Waals surface area contributed by atoms with Crippen LogP contribution in [0.15, 0.2) is 84.9 Å². The number of benzene rings is 3. The Balaban J connectivity index is 1.46. The lowest BCUT2D eigenvalue weighted by atomic mass is 10.1. The summed E-state index contributed by atoms with van der Waals surface area (Å²) in [7, 11) is 0. The first-order valence-corrected chi connectivity index (χ1v) is 9.30. The first-order chi connectivity index (χ1) is 13.3. The number of hydrogen-bond acceptors (Lipinski definition) is 2. The molecule has 1 N–H and O–H groups in total. The van der Waals surface area contributed by atoms with E-state index in [2.05, 4.69) is 23.5 Å². The van der Waals surface area contributed by atoms with Gasteiger partial charge >= 0.3 is 0 Å². The Morgan fingerprint density at radius 2 is 1.30 bits per heavy atom. The number of hydrogen-bond donors (Lipinski definition) is 1. The Labute approximate surface area is 161 Å². The van der Waals surface area contributed by atoms with Gasteiger partial charge in [0.05, 0.1) is 13.2 Å². The molecular formula is C24H25NO2. The third-order valence-corrected chi connectivity index (χ3v) is 4.45. The summed E-state index contributed by atoms with van der Waals surface area (Å²) in [6.45, 7) is 1.64. The highest BCUT2D eigenvalue weighted by molar-refractivity contribution is 5.76. The molecule has 3 heteroatoms. The van der Waals surface area contributed by atoms with E-state index in [1.807, 2.05) is 66.7 Å². The van der Waals surface area contributed by atoms with Gasteiger partial charge in [-0.1, -0.05) is 84.9 Å². The van der Waals surface area contributed by atoms with Crippen molar-refractivity contribution in [1.82, 2.24) is 5.32 Å². The highest BCUT2D eigenvalue weighted by atomic mass is 16.5. The molecule has 3 rings (SSSR count). The van der Waals surface area contributed by atoms with Gasteiger partial charge in [-0.05, 0) is 28.7 Å². The van der Waals surface area contributed by atoms with Crippen molar-refractivity contribution in [3.63, 3.8) is 0 Å². The zero-order valence-electron chi connectivity index (χ0n) is 15.4. The molecule has 1 amide bonds. The van der Waals surface area contributed by atoms with Crippen LogP contribution in [0.4, 0.5) is 0 Å². The van der Waals surface area contributed by atoms with Crippen LogP contribution in [0.25, 0.3) is 0 Å². The number of nitrogens with one attached hydrogen (secondary N) is 1. The molecule has 0 fully saturated rings. The van der Waals surface area contributed by atoms with Crippen molar-refractivity contribution in [1.29, 1.82) is 0 Å². The van der Waals surface area contributed by atoms with E-state index in [4.69, 9.17) is 4.74 Å². The summed E-state index contributed by atoms with van der Waals surface area (Å²) in [6, 6.07) is 28.3. The maximum Gasteiger partial charge on any atom is 0.220 e. The molecule has 0 heterocycles. The fourth-order valence-corrected chi connectivity index (χ4v) is 2.91. The van der Waals surface area contributed by atoms with Crippen molar-refractivity contribution in [2.24, 2.45) is 0 Å². The Hall–Kier alpha value is -2.91. The van der Waals surface area contributed by atoms with Crippen LogP contribution >= 0.6 is 0 Å². The normalized spacial score (nSPS) is 10.5. The monoisotopic (exact) mass is 359 g/mol. The summed E-state index contributed by atoms with van der Waals surface area (Å²) in [6.07, 6.45) is 1.26. The SMILES string of the molecule is O=C(CCc1ccccc1)NCc1ccccc1COCc1ccccc1. The Bertz CT molecular complexity index is 831. The zero-order chi connectivity index (χ0) is 18.7. The Morgan fingerprint density at radius 1 is 0.704 bits per heavy atom. The van der Waals surface area contributed by atoms with Crippen LogP contribution in [-0.2, 0) is 35.7 Å². The van der Waals surface area contributed by atoms with E-state index in [9.17, 15) is 4.79 Å². The lowest BCUT2D eigenvalue weighted by Crippen LogP contribution is -2.23. The molecule has 0 aliphatic rings. The molecule has 0 radical (unpaired) electrons. The van der Waals surface area contributed by atoms with Gasteiger partial charge in [-0.2, -0.15) is 0 Å². The van der Waals surface area contributed by atoms with E-state index in [1.165, 1.54) is 5.56 Å². The molecule has 138 valence electrons. The largest absolute Gasteiger partial charge is 0.372 e. The topological polar surface area (TPSA) is 38.3 Å². The second-order valence-electron chi connectivity index (χ2n) is 6.51. The van der Waals surface area contributed by atoms with Crippen molar-refractivity contribution in [3.8, 4) is 0 Å². The molecule has 3 nitrogen and oxygen atoms in total. The van der Waals surface area contributed by atoms with Gasteiger partial charge in [0.1, 0.15) is 0 Å². The Morgan fingerprint density at radius 3 is 2.00 bits per heavy atom. The van der Waals surface area contributed by atoms with Crippen molar-refractivity contribution >= 4 is 5.91 Å². The molecule has 0 aliphatic heterocycles. The van der Waals surface area contributed by atoms with Crippen LogP contribution < -0.4 is 5.32 Å². The lowest BCUT2D eigenvalue weighted by molar-refractivity contribution is -0.121. The molecule has 3 aromatic carbocycles. The molecule has 0 bridgehead atoms. The summed E-state index contributed by atoms with van der Waals surface area (Å²) in [5, 5.41) is 3.02. The number of carbonyl (C=O) groups is 1.